The molecule has 1 aromatic carbocycles. The van der Waals surface area contributed by atoms with E-state index in [1.54, 1.807) is 0 Å². The molecule has 1 aromatic heterocycles. The largest absolute Gasteiger partial charge is 0.325 e. The van der Waals surface area contributed by atoms with Crippen LogP contribution in [0.1, 0.15) is 36.6 Å². The number of fused-ring (bicyclic) bond motifs is 1. The van der Waals surface area contributed by atoms with Gasteiger partial charge in [0.25, 0.3) is 0 Å². The molecule has 0 spiro atoms. The number of nitriles is 1. The molecule has 0 saturated heterocycles. The zero-order chi connectivity index (χ0) is 17.8. The van der Waals surface area contributed by atoms with E-state index < -0.39 is 0 Å². The molecule has 6 heteroatoms. The fourth-order valence-corrected chi connectivity index (χ4v) is 3.83. The third-order valence-corrected chi connectivity index (χ3v) is 5.53. The van der Waals surface area contributed by atoms with Crippen LogP contribution in [0.5, 0.6) is 0 Å². The molecule has 25 heavy (non-hydrogen) atoms. The fourth-order valence-electron chi connectivity index (χ4n) is 2.84. The smallest absolute Gasteiger partial charge is 0.237 e. The van der Waals surface area contributed by atoms with Gasteiger partial charge >= 0.3 is 0 Å². The van der Waals surface area contributed by atoms with Gasteiger partial charge in [-0.25, -0.2) is 9.37 Å². The average molecular weight is 355 g/mol. The number of halogens is 1. The van der Waals surface area contributed by atoms with E-state index in [0.29, 0.717) is 22.7 Å². The summed E-state index contributed by atoms with van der Waals surface area (Å²) in [6, 6.07) is 9.76. The van der Waals surface area contributed by atoms with Crippen molar-refractivity contribution in [3.05, 3.63) is 53.0 Å². The number of nitrogens with zero attached hydrogens (tertiary/aromatic N) is 2. The Kier molecular flexibility index (Phi) is 5.34. The van der Waals surface area contributed by atoms with Crippen LogP contribution in [0.4, 0.5) is 10.1 Å². The number of hydrogen-bond donors (Lipinski definition) is 1. The molecule has 0 saturated carbocycles. The number of aromatic nitrogens is 1. The summed E-state index contributed by atoms with van der Waals surface area (Å²) in [5.74, 6) is -0.522. The van der Waals surface area contributed by atoms with E-state index in [4.69, 9.17) is 0 Å². The van der Waals surface area contributed by atoms with Crippen molar-refractivity contribution in [2.75, 3.05) is 5.32 Å². The van der Waals surface area contributed by atoms with Crippen LogP contribution in [0.3, 0.4) is 0 Å². The molecule has 1 aliphatic rings. The summed E-state index contributed by atoms with van der Waals surface area (Å²) in [5, 5.41) is 12.4. The van der Waals surface area contributed by atoms with Crippen LogP contribution in [-0.4, -0.2) is 16.1 Å². The van der Waals surface area contributed by atoms with E-state index in [0.717, 1.165) is 30.5 Å². The first-order chi connectivity index (χ1) is 12.1. The van der Waals surface area contributed by atoms with E-state index >= 15 is 0 Å². The Morgan fingerprint density at radius 1 is 1.40 bits per heavy atom. The zero-order valence-corrected chi connectivity index (χ0v) is 14.7. The lowest BCUT2D eigenvalue weighted by molar-refractivity contribution is -0.115. The first kappa shape index (κ1) is 17.4. The predicted octanol–water partition coefficient (Wildman–Crippen LogP) is 4.09. The molecule has 128 valence electrons. The van der Waals surface area contributed by atoms with Crippen molar-refractivity contribution in [2.24, 2.45) is 0 Å². The monoisotopic (exact) mass is 355 g/mol. The molecule has 3 rings (SSSR count). The Labute approximate surface area is 150 Å². The maximum Gasteiger partial charge on any atom is 0.237 e. The number of hydrogen-bond acceptors (Lipinski definition) is 4. The highest BCUT2D eigenvalue weighted by Gasteiger charge is 2.23. The number of carbonyl (C=O) groups is 1. The summed E-state index contributed by atoms with van der Waals surface area (Å²) in [6.07, 6.45) is 3.54. The molecule has 0 radical (unpaired) electrons. The van der Waals surface area contributed by atoms with Crippen LogP contribution in [0.25, 0.3) is 0 Å². The molecule has 1 amide bonds. The molecule has 1 heterocycles. The summed E-state index contributed by atoms with van der Waals surface area (Å²) in [7, 11) is 0. The number of nitrogens with one attached hydrogen (secondary N) is 1. The third-order valence-electron chi connectivity index (χ3n) is 4.17. The Bertz CT molecular complexity index is 830. The summed E-state index contributed by atoms with van der Waals surface area (Å²) < 4.78 is 13.0. The molecule has 1 unspecified atom stereocenters. The molecular weight excluding hydrogens is 337 g/mol. The van der Waals surface area contributed by atoms with Crippen LogP contribution >= 0.6 is 11.8 Å². The van der Waals surface area contributed by atoms with Crippen molar-refractivity contribution in [2.45, 2.75) is 42.9 Å². The Balaban J connectivity index is 1.77. The lowest BCUT2D eigenvalue weighted by Gasteiger charge is -2.15. The first-order valence-electron chi connectivity index (χ1n) is 8.26. The summed E-state index contributed by atoms with van der Waals surface area (Å²) in [6.45, 7) is 1.92. The number of benzene rings is 1. The number of anilines is 1. The topological polar surface area (TPSA) is 65.8 Å². The molecule has 0 fully saturated rings. The number of thioether (sulfide) groups is 1. The highest BCUT2D eigenvalue weighted by atomic mass is 32.2. The first-order valence-corrected chi connectivity index (χ1v) is 9.14. The lowest BCUT2D eigenvalue weighted by Crippen LogP contribution is -2.24. The van der Waals surface area contributed by atoms with Crippen LogP contribution < -0.4 is 5.32 Å². The molecule has 0 aliphatic heterocycles. The van der Waals surface area contributed by atoms with Gasteiger partial charge in [0, 0.05) is 11.4 Å². The number of carbonyl (C=O) groups excluding carboxylic acids is 1. The highest BCUT2D eigenvalue weighted by molar-refractivity contribution is 8.00. The van der Waals surface area contributed by atoms with Crippen molar-refractivity contribution in [1.29, 1.82) is 5.26 Å². The quantitative estimate of drug-likeness (QED) is 0.821. The van der Waals surface area contributed by atoms with E-state index in [1.165, 1.54) is 36.0 Å². The van der Waals surface area contributed by atoms with Crippen molar-refractivity contribution in [3.63, 3.8) is 0 Å². The van der Waals surface area contributed by atoms with E-state index in [9.17, 15) is 14.4 Å². The van der Waals surface area contributed by atoms with Gasteiger partial charge in [0.1, 0.15) is 16.9 Å². The van der Waals surface area contributed by atoms with Crippen LogP contribution in [-0.2, 0) is 17.6 Å². The molecule has 1 N–H and O–H groups in total. The van der Waals surface area contributed by atoms with Gasteiger partial charge in [-0.2, -0.15) is 5.26 Å². The third kappa shape index (κ3) is 3.99. The Hall–Kier alpha value is -2.39. The van der Waals surface area contributed by atoms with Gasteiger partial charge in [-0.05, 0) is 61.6 Å². The summed E-state index contributed by atoms with van der Waals surface area (Å²) in [4.78, 5) is 17.2. The average Bonchev–Trinajstić information content (AvgIpc) is 3.07. The Morgan fingerprint density at radius 2 is 2.16 bits per heavy atom. The molecule has 1 aliphatic carbocycles. The second-order valence-electron chi connectivity index (χ2n) is 5.92. The number of rotatable bonds is 5. The number of aryl methyl sites for hydroxylation is 2. The second kappa shape index (κ2) is 7.66. The normalized spacial score (nSPS) is 13.8. The molecular formula is C19H18FN3OS. The van der Waals surface area contributed by atoms with Crippen molar-refractivity contribution in [1.82, 2.24) is 4.98 Å². The van der Waals surface area contributed by atoms with Gasteiger partial charge in [0.05, 0.1) is 10.8 Å². The lowest BCUT2D eigenvalue weighted by atomic mass is 10.2. The van der Waals surface area contributed by atoms with Gasteiger partial charge in [0.15, 0.2) is 0 Å². The van der Waals surface area contributed by atoms with Crippen LogP contribution in [0.15, 0.2) is 35.4 Å². The van der Waals surface area contributed by atoms with Crippen LogP contribution in [0, 0.1) is 17.1 Å². The van der Waals surface area contributed by atoms with Crippen molar-refractivity contribution < 1.29 is 9.18 Å². The van der Waals surface area contributed by atoms with E-state index in [2.05, 4.69) is 16.4 Å². The highest BCUT2D eigenvalue weighted by Crippen LogP contribution is 2.31. The Morgan fingerprint density at radius 3 is 2.84 bits per heavy atom. The maximum atomic E-state index is 13.0. The minimum atomic E-state index is -0.371. The van der Waals surface area contributed by atoms with Crippen molar-refractivity contribution in [3.8, 4) is 6.07 Å². The van der Waals surface area contributed by atoms with Gasteiger partial charge in [-0.15, -0.1) is 0 Å². The van der Waals surface area contributed by atoms with Gasteiger partial charge in [0.2, 0.25) is 5.91 Å². The SMILES string of the molecule is CCC(Sc1nc2c(cc1C#N)CCC2)C(=O)Nc1ccc(F)cc1. The van der Waals surface area contributed by atoms with Crippen LogP contribution in [0.2, 0.25) is 0 Å². The zero-order valence-electron chi connectivity index (χ0n) is 13.9. The van der Waals surface area contributed by atoms with Crippen molar-refractivity contribution >= 4 is 23.4 Å². The molecule has 1 atom stereocenters. The minimum absolute atomic E-state index is 0.176. The van der Waals surface area contributed by atoms with Gasteiger partial charge in [-0.3, -0.25) is 4.79 Å². The van der Waals surface area contributed by atoms with E-state index in [-0.39, 0.29) is 17.0 Å². The molecule has 4 nitrogen and oxygen atoms in total. The standard InChI is InChI=1S/C19H18FN3OS/c1-2-17(18(24)22-15-8-6-14(20)7-9-15)25-19-13(11-21)10-12-4-3-5-16(12)23-19/h6-10,17H,2-5H2,1H3,(H,22,24). The van der Waals surface area contributed by atoms with Gasteiger partial charge in [-0.1, -0.05) is 18.7 Å². The summed E-state index contributed by atoms with van der Waals surface area (Å²) >= 11 is 1.32. The van der Waals surface area contributed by atoms with E-state index in [1.807, 2.05) is 13.0 Å². The maximum absolute atomic E-state index is 13.0. The summed E-state index contributed by atoms with van der Waals surface area (Å²) in [5.41, 5.74) is 3.26. The van der Waals surface area contributed by atoms with Gasteiger partial charge < -0.3 is 5.32 Å². The fraction of sp³-hybridized carbons (Fsp3) is 0.316. The molecule has 0 bridgehead atoms. The number of amides is 1. The minimum Gasteiger partial charge on any atom is -0.325 e. The molecule has 2 aromatic rings. The number of pyridine rings is 1. The second-order valence-corrected chi connectivity index (χ2v) is 7.11. The predicted molar refractivity (Wildman–Crippen MR) is 95.9 cm³/mol.